The Bertz CT molecular complexity index is 390. The normalized spacial score (nSPS) is 17.9. The van der Waals surface area contributed by atoms with Gasteiger partial charge in [-0.3, -0.25) is 4.79 Å². The van der Waals surface area contributed by atoms with Crippen LogP contribution in [0.15, 0.2) is 20.6 Å². The molecule has 0 amide bonds. The van der Waals surface area contributed by atoms with Gasteiger partial charge in [0.15, 0.2) is 0 Å². The highest BCUT2D eigenvalue weighted by Crippen LogP contribution is 2.30. The van der Waals surface area contributed by atoms with E-state index in [0.717, 1.165) is 31.1 Å². The molecule has 0 unspecified atom stereocenters. The van der Waals surface area contributed by atoms with Crippen LogP contribution in [-0.2, 0) is 4.74 Å². The first-order valence-electron chi connectivity index (χ1n) is 4.75. The first kappa shape index (κ1) is 11.2. The van der Waals surface area contributed by atoms with Crippen LogP contribution in [0.1, 0.15) is 12.8 Å². The Labute approximate surface area is 100.0 Å². The minimum absolute atomic E-state index is 0.125. The number of nitrogens with one attached hydrogen (secondary N) is 1. The molecule has 1 aliphatic heterocycles. The Hall–Kier alpha value is -0.330. The highest BCUT2D eigenvalue weighted by molar-refractivity contribution is 9.10. The number of aromatic amines is 1. The Morgan fingerprint density at radius 1 is 1.53 bits per heavy atom. The molecule has 1 N–H and O–H groups in total. The second-order valence-electron chi connectivity index (χ2n) is 3.28. The maximum atomic E-state index is 11.3. The number of aromatic nitrogens is 2. The van der Waals surface area contributed by atoms with Crippen LogP contribution < -0.4 is 5.56 Å². The third kappa shape index (κ3) is 2.83. The fourth-order valence-electron chi connectivity index (χ4n) is 1.40. The molecule has 0 bridgehead atoms. The molecule has 1 saturated heterocycles. The lowest BCUT2D eigenvalue weighted by molar-refractivity contribution is 0.1000. The number of hydrogen-bond acceptors (Lipinski definition) is 4. The highest BCUT2D eigenvalue weighted by Gasteiger charge is 2.17. The molecule has 1 aromatic rings. The molecule has 6 heteroatoms. The topological polar surface area (TPSA) is 55.0 Å². The van der Waals surface area contributed by atoms with E-state index in [1.165, 1.54) is 6.33 Å². The van der Waals surface area contributed by atoms with Crippen LogP contribution in [0.3, 0.4) is 0 Å². The van der Waals surface area contributed by atoms with Gasteiger partial charge in [0.25, 0.3) is 5.56 Å². The maximum Gasteiger partial charge on any atom is 0.266 e. The smallest absolute Gasteiger partial charge is 0.266 e. The Morgan fingerprint density at radius 2 is 2.27 bits per heavy atom. The molecular formula is C9H11BrN2O2S. The summed E-state index contributed by atoms with van der Waals surface area (Å²) in [6.45, 7) is 1.61. The lowest BCUT2D eigenvalue weighted by Crippen LogP contribution is -2.18. The zero-order valence-electron chi connectivity index (χ0n) is 8.03. The van der Waals surface area contributed by atoms with Crippen molar-refractivity contribution < 1.29 is 4.74 Å². The van der Waals surface area contributed by atoms with Crippen LogP contribution in [-0.4, -0.2) is 28.4 Å². The van der Waals surface area contributed by atoms with Gasteiger partial charge in [-0.25, -0.2) is 4.98 Å². The van der Waals surface area contributed by atoms with Gasteiger partial charge in [0, 0.05) is 18.5 Å². The third-order valence-electron chi connectivity index (χ3n) is 2.21. The molecule has 2 rings (SSSR count). The van der Waals surface area contributed by atoms with E-state index in [0.29, 0.717) is 9.72 Å². The van der Waals surface area contributed by atoms with Crippen molar-refractivity contribution in [2.75, 3.05) is 13.2 Å². The lowest BCUT2D eigenvalue weighted by Gasteiger charge is -2.20. The van der Waals surface area contributed by atoms with Crippen LogP contribution in [0, 0.1) is 0 Å². The fraction of sp³-hybridized carbons (Fsp3) is 0.556. The molecule has 15 heavy (non-hydrogen) atoms. The molecule has 1 aromatic heterocycles. The summed E-state index contributed by atoms with van der Waals surface area (Å²) in [5.74, 6) is 0. The average molecular weight is 291 g/mol. The van der Waals surface area contributed by atoms with Gasteiger partial charge in [-0.1, -0.05) is 0 Å². The van der Waals surface area contributed by atoms with Crippen molar-refractivity contribution in [1.82, 2.24) is 9.97 Å². The molecular weight excluding hydrogens is 280 g/mol. The van der Waals surface area contributed by atoms with E-state index in [2.05, 4.69) is 25.9 Å². The van der Waals surface area contributed by atoms with E-state index in [1.807, 2.05) is 0 Å². The fourth-order valence-corrected chi connectivity index (χ4v) is 2.95. The minimum atomic E-state index is -0.125. The summed E-state index contributed by atoms with van der Waals surface area (Å²) in [6.07, 6.45) is 3.48. The summed E-state index contributed by atoms with van der Waals surface area (Å²) in [5, 5.41) is 1.27. The van der Waals surface area contributed by atoms with Gasteiger partial charge in [-0.15, -0.1) is 11.8 Å². The third-order valence-corrected chi connectivity index (χ3v) is 4.55. The van der Waals surface area contributed by atoms with E-state index in [4.69, 9.17) is 4.74 Å². The summed E-state index contributed by atoms with van der Waals surface area (Å²) in [6, 6.07) is 0. The summed E-state index contributed by atoms with van der Waals surface area (Å²) in [4.78, 5) is 18.0. The van der Waals surface area contributed by atoms with Gasteiger partial charge < -0.3 is 9.72 Å². The molecule has 0 saturated carbocycles. The number of halogens is 1. The molecule has 82 valence electrons. The van der Waals surface area contributed by atoms with Gasteiger partial charge in [0.1, 0.15) is 9.50 Å². The van der Waals surface area contributed by atoms with Crippen molar-refractivity contribution in [3.05, 3.63) is 21.2 Å². The van der Waals surface area contributed by atoms with Gasteiger partial charge in [-0.05, 0) is 28.8 Å². The SMILES string of the molecule is O=c1[nH]cnc(SC2CCOCC2)c1Br. The Balaban J connectivity index is 2.09. The molecule has 0 aromatic carbocycles. The van der Waals surface area contributed by atoms with Crippen LogP contribution in [0.25, 0.3) is 0 Å². The standard InChI is InChI=1S/C9H11BrN2O2S/c10-7-8(13)11-5-12-9(7)15-6-1-3-14-4-2-6/h5-6H,1-4H2,(H,11,12,13). The maximum absolute atomic E-state index is 11.3. The first-order chi connectivity index (χ1) is 7.27. The molecule has 1 aliphatic rings. The summed E-state index contributed by atoms with van der Waals surface area (Å²) < 4.78 is 5.81. The van der Waals surface area contributed by atoms with Crippen LogP contribution in [0.2, 0.25) is 0 Å². The largest absolute Gasteiger partial charge is 0.381 e. The van der Waals surface area contributed by atoms with E-state index in [1.54, 1.807) is 11.8 Å². The number of thioether (sulfide) groups is 1. The first-order valence-corrected chi connectivity index (χ1v) is 6.42. The molecule has 0 aliphatic carbocycles. The van der Waals surface area contributed by atoms with Crippen LogP contribution >= 0.6 is 27.7 Å². The molecule has 1 fully saturated rings. The average Bonchev–Trinajstić information content (AvgIpc) is 2.26. The van der Waals surface area contributed by atoms with Crippen molar-refractivity contribution >= 4 is 27.7 Å². The molecule has 0 radical (unpaired) electrons. The molecule has 0 atom stereocenters. The van der Waals surface area contributed by atoms with Gasteiger partial charge in [0.05, 0.1) is 6.33 Å². The van der Waals surface area contributed by atoms with E-state index in [9.17, 15) is 4.79 Å². The van der Waals surface area contributed by atoms with Gasteiger partial charge in [-0.2, -0.15) is 0 Å². The second-order valence-corrected chi connectivity index (χ2v) is 5.36. The second kappa shape index (κ2) is 5.14. The van der Waals surface area contributed by atoms with Gasteiger partial charge in [0.2, 0.25) is 0 Å². The monoisotopic (exact) mass is 290 g/mol. The summed E-state index contributed by atoms with van der Waals surface area (Å²) in [5.41, 5.74) is -0.125. The number of rotatable bonds is 2. The minimum Gasteiger partial charge on any atom is -0.381 e. The van der Waals surface area contributed by atoms with Crippen molar-refractivity contribution in [3.8, 4) is 0 Å². The number of hydrogen-bond donors (Lipinski definition) is 1. The van der Waals surface area contributed by atoms with Crippen molar-refractivity contribution in [2.45, 2.75) is 23.1 Å². The van der Waals surface area contributed by atoms with Crippen LogP contribution in [0.4, 0.5) is 0 Å². The van der Waals surface area contributed by atoms with E-state index < -0.39 is 0 Å². The lowest BCUT2D eigenvalue weighted by atomic mass is 10.2. The quantitative estimate of drug-likeness (QED) is 0.844. The predicted molar refractivity (Wildman–Crippen MR) is 62.3 cm³/mol. The van der Waals surface area contributed by atoms with Gasteiger partial charge >= 0.3 is 0 Å². The molecule has 2 heterocycles. The van der Waals surface area contributed by atoms with E-state index >= 15 is 0 Å². The summed E-state index contributed by atoms with van der Waals surface area (Å²) in [7, 11) is 0. The molecule has 0 spiro atoms. The van der Waals surface area contributed by atoms with Crippen molar-refractivity contribution in [2.24, 2.45) is 0 Å². The van der Waals surface area contributed by atoms with E-state index in [-0.39, 0.29) is 5.56 Å². The Kier molecular flexibility index (Phi) is 3.82. The van der Waals surface area contributed by atoms with Crippen molar-refractivity contribution in [1.29, 1.82) is 0 Å². The molecule has 4 nitrogen and oxygen atoms in total. The number of ether oxygens (including phenoxy) is 1. The Morgan fingerprint density at radius 3 is 3.00 bits per heavy atom. The number of H-pyrrole nitrogens is 1. The highest BCUT2D eigenvalue weighted by atomic mass is 79.9. The zero-order valence-corrected chi connectivity index (χ0v) is 10.4. The van der Waals surface area contributed by atoms with Crippen molar-refractivity contribution in [3.63, 3.8) is 0 Å². The number of nitrogens with zero attached hydrogens (tertiary/aromatic N) is 1. The zero-order chi connectivity index (χ0) is 10.7. The van der Waals surface area contributed by atoms with Crippen LogP contribution in [0.5, 0.6) is 0 Å². The predicted octanol–water partition coefficient (Wildman–Crippen LogP) is 1.80. The summed E-state index contributed by atoms with van der Waals surface area (Å²) >= 11 is 4.90.